The van der Waals surface area contributed by atoms with Gasteiger partial charge in [0.05, 0.1) is 29.5 Å². The molecule has 1 N–H and O–H groups in total. The number of hydrogen-bond acceptors (Lipinski definition) is 5. The summed E-state index contributed by atoms with van der Waals surface area (Å²) in [7, 11) is 0. The van der Waals surface area contributed by atoms with E-state index >= 15 is 0 Å². The van der Waals surface area contributed by atoms with Crippen molar-refractivity contribution >= 4 is 16.9 Å². The van der Waals surface area contributed by atoms with Crippen LogP contribution < -0.4 is 5.32 Å². The van der Waals surface area contributed by atoms with Crippen molar-refractivity contribution in [1.29, 1.82) is 0 Å². The maximum absolute atomic E-state index is 4.51. The van der Waals surface area contributed by atoms with Gasteiger partial charge in [-0.2, -0.15) is 5.10 Å². The Labute approximate surface area is 145 Å². The lowest BCUT2D eigenvalue weighted by molar-refractivity contribution is 0.892. The first-order valence-corrected chi connectivity index (χ1v) is 8.12. The second-order valence-electron chi connectivity index (χ2n) is 5.96. The van der Waals surface area contributed by atoms with E-state index in [0.29, 0.717) is 6.54 Å². The van der Waals surface area contributed by atoms with Gasteiger partial charge in [0.2, 0.25) is 0 Å². The molecule has 0 saturated heterocycles. The Hall–Kier alpha value is -3.28. The van der Waals surface area contributed by atoms with Crippen LogP contribution in [0, 0.1) is 13.8 Å². The van der Waals surface area contributed by atoms with Gasteiger partial charge in [0.1, 0.15) is 12.1 Å². The summed E-state index contributed by atoms with van der Waals surface area (Å²) in [4.78, 5) is 13.1. The summed E-state index contributed by atoms with van der Waals surface area (Å²) in [6.45, 7) is 4.79. The van der Waals surface area contributed by atoms with Crippen molar-refractivity contribution in [3.05, 3.63) is 71.9 Å². The number of pyridine rings is 1. The molecule has 124 valence electrons. The molecule has 0 unspecified atom stereocenters. The standard InChI is InChI=1S/C19H18N6/c1-13-6-7-16(9-14(13)2)25-19-17(11-24-25)18(22-12-23-19)21-10-15-5-3-4-8-20-15/h3-9,11-12H,10H2,1-2H3,(H,21,22,23). The number of benzene rings is 1. The van der Waals surface area contributed by atoms with E-state index in [0.717, 1.165) is 28.2 Å². The predicted molar refractivity (Wildman–Crippen MR) is 97.7 cm³/mol. The highest BCUT2D eigenvalue weighted by molar-refractivity contribution is 5.87. The first kappa shape index (κ1) is 15.3. The zero-order valence-electron chi connectivity index (χ0n) is 14.1. The molecule has 0 spiro atoms. The Kier molecular flexibility index (Phi) is 3.85. The second kappa shape index (κ2) is 6.32. The highest BCUT2D eigenvalue weighted by atomic mass is 15.3. The predicted octanol–water partition coefficient (Wildman–Crippen LogP) is 3.44. The summed E-state index contributed by atoms with van der Waals surface area (Å²) < 4.78 is 1.84. The van der Waals surface area contributed by atoms with Gasteiger partial charge in [-0.25, -0.2) is 14.6 Å². The number of nitrogens with one attached hydrogen (secondary N) is 1. The minimum absolute atomic E-state index is 0.599. The van der Waals surface area contributed by atoms with Crippen molar-refractivity contribution in [3.8, 4) is 5.69 Å². The molecule has 4 rings (SSSR count). The zero-order valence-corrected chi connectivity index (χ0v) is 14.1. The van der Waals surface area contributed by atoms with Crippen LogP contribution in [0.2, 0.25) is 0 Å². The normalized spacial score (nSPS) is 11.0. The van der Waals surface area contributed by atoms with E-state index in [4.69, 9.17) is 0 Å². The van der Waals surface area contributed by atoms with Gasteiger partial charge < -0.3 is 5.32 Å². The lowest BCUT2D eigenvalue weighted by atomic mass is 10.1. The summed E-state index contributed by atoms with van der Waals surface area (Å²) in [5.41, 5.74) is 5.21. The molecule has 3 aromatic heterocycles. The van der Waals surface area contributed by atoms with Gasteiger partial charge in [-0.3, -0.25) is 4.98 Å². The largest absolute Gasteiger partial charge is 0.364 e. The fraction of sp³-hybridized carbons (Fsp3) is 0.158. The van der Waals surface area contributed by atoms with Crippen molar-refractivity contribution in [2.45, 2.75) is 20.4 Å². The Morgan fingerprint density at radius 2 is 1.92 bits per heavy atom. The number of aromatic nitrogens is 5. The molecule has 0 aliphatic rings. The lowest BCUT2D eigenvalue weighted by Gasteiger charge is -2.08. The first-order chi connectivity index (χ1) is 12.2. The van der Waals surface area contributed by atoms with Gasteiger partial charge in [0, 0.05) is 6.20 Å². The molecule has 25 heavy (non-hydrogen) atoms. The summed E-state index contributed by atoms with van der Waals surface area (Å²) in [6, 6.07) is 12.1. The summed E-state index contributed by atoms with van der Waals surface area (Å²) in [5, 5.41) is 8.72. The molecular weight excluding hydrogens is 312 g/mol. The van der Waals surface area contributed by atoms with Gasteiger partial charge in [0.25, 0.3) is 0 Å². The molecule has 0 atom stereocenters. The minimum atomic E-state index is 0.599. The van der Waals surface area contributed by atoms with Crippen molar-refractivity contribution in [2.24, 2.45) is 0 Å². The molecule has 0 bridgehead atoms. The minimum Gasteiger partial charge on any atom is -0.364 e. The Balaban J connectivity index is 1.69. The summed E-state index contributed by atoms with van der Waals surface area (Å²) >= 11 is 0. The smallest absolute Gasteiger partial charge is 0.168 e. The highest BCUT2D eigenvalue weighted by Gasteiger charge is 2.11. The first-order valence-electron chi connectivity index (χ1n) is 8.12. The Morgan fingerprint density at radius 3 is 2.72 bits per heavy atom. The van der Waals surface area contributed by atoms with Gasteiger partial charge >= 0.3 is 0 Å². The molecule has 6 nitrogen and oxygen atoms in total. The molecule has 4 aromatic rings. The second-order valence-corrected chi connectivity index (χ2v) is 5.96. The lowest BCUT2D eigenvalue weighted by Crippen LogP contribution is -2.04. The number of nitrogens with zero attached hydrogens (tertiary/aromatic N) is 5. The molecule has 1 aromatic carbocycles. The molecule has 3 heterocycles. The van der Waals surface area contributed by atoms with Crippen LogP contribution in [0.15, 0.2) is 55.1 Å². The topological polar surface area (TPSA) is 68.5 Å². The Bertz CT molecular complexity index is 1020. The van der Waals surface area contributed by atoms with Crippen molar-refractivity contribution < 1.29 is 0 Å². The molecule has 0 aliphatic carbocycles. The van der Waals surface area contributed by atoms with E-state index in [1.807, 2.05) is 22.9 Å². The molecule has 6 heteroatoms. The van der Waals surface area contributed by atoms with Crippen molar-refractivity contribution in [1.82, 2.24) is 24.7 Å². The third kappa shape index (κ3) is 2.94. The van der Waals surface area contributed by atoms with Crippen LogP contribution >= 0.6 is 0 Å². The summed E-state index contributed by atoms with van der Waals surface area (Å²) in [6.07, 6.45) is 5.14. The van der Waals surface area contributed by atoms with Gasteiger partial charge in [0.15, 0.2) is 5.65 Å². The van der Waals surface area contributed by atoms with Crippen molar-refractivity contribution in [2.75, 3.05) is 5.32 Å². The van der Waals surface area contributed by atoms with Crippen LogP contribution in [0.1, 0.15) is 16.8 Å². The molecular formula is C19H18N6. The van der Waals surface area contributed by atoms with E-state index in [9.17, 15) is 0 Å². The van der Waals surface area contributed by atoms with Crippen LogP contribution in [-0.2, 0) is 6.54 Å². The quantitative estimate of drug-likeness (QED) is 0.621. The molecule has 0 fully saturated rings. The third-order valence-corrected chi connectivity index (χ3v) is 4.26. The van der Waals surface area contributed by atoms with Crippen LogP contribution in [-0.4, -0.2) is 24.7 Å². The van der Waals surface area contributed by atoms with Gasteiger partial charge in [-0.1, -0.05) is 12.1 Å². The highest BCUT2D eigenvalue weighted by Crippen LogP contribution is 2.23. The van der Waals surface area contributed by atoms with Crippen molar-refractivity contribution in [3.63, 3.8) is 0 Å². The van der Waals surface area contributed by atoms with E-state index < -0.39 is 0 Å². The van der Waals surface area contributed by atoms with Crippen LogP contribution in [0.4, 0.5) is 5.82 Å². The third-order valence-electron chi connectivity index (χ3n) is 4.26. The Morgan fingerprint density at radius 1 is 1.00 bits per heavy atom. The monoisotopic (exact) mass is 330 g/mol. The van der Waals surface area contributed by atoms with Crippen LogP contribution in [0.5, 0.6) is 0 Å². The number of hydrogen-bond donors (Lipinski definition) is 1. The van der Waals surface area contributed by atoms with E-state index in [-0.39, 0.29) is 0 Å². The molecule has 0 saturated carbocycles. The SMILES string of the molecule is Cc1ccc(-n2ncc3c(NCc4ccccn4)ncnc32)cc1C. The van der Waals surface area contributed by atoms with E-state index in [1.165, 1.54) is 11.1 Å². The summed E-state index contributed by atoms with van der Waals surface area (Å²) in [5.74, 6) is 0.755. The molecule has 0 radical (unpaired) electrons. The van der Waals surface area contributed by atoms with E-state index in [1.54, 1.807) is 18.7 Å². The average Bonchev–Trinajstić information content (AvgIpc) is 3.08. The number of rotatable bonds is 4. The van der Waals surface area contributed by atoms with Gasteiger partial charge in [-0.15, -0.1) is 0 Å². The van der Waals surface area contributed by atoms with E-state index in [2.05, 4.69) is 57.4 Å². The maximum Gasteiger partial charge on any atom is 0.168 e. The molecule has 0 amide bonds. The number of fused-ring (bicyclic) bond motifs is 1. The zero-order chi connectivity index (χ0) is 17.2. The average molecular weight is 330 g/mol. The molecule has 0 aliphatic heterocycles. The number of aryl methyl sites for hydroxylation is 2. The van der Waals surface area contributed by atoms with Crippen LogP contribution in [0.25, 0.3) is 16.7 Å². The fourth-order valence-corrected chi connectivity index (χ4v) is 2.71. The maximum atomic E-state index is 4.51. The van der Waals surface area contributed by atoms with Crippen LogP contribution in [0.3, 0.4) is 0 Å². The van der Waals surface area contributed by atoms with Gasteiger partial charge in [-0.05, 0) is 49.2 Å². The fourth-order valence-electron chi connectivity index (χ4n) is 2.71. The number of anilines is 1.